The van der Waals surface area contributed by atoms with E-state index in [4.69, 9.17) is 0 Å². The van der Waals surface area contributed by atoms with Crippen LogP contribution in [-0.4, -0.2) is 37.1 Å². The molecule has 2 nitrogen and oxygen atoms in total. The van der Waals surface area contributed by atoms with Gasteiger partial charge in [0, 0.05) is 12.6 Å². The summed E-state index contributed by atoms with van der Waals surface area (Å²) in [5, 5.41) is 3.68. The lowest BCUT2D eigenvalue weighted by Crippen LogP contribution is -2.39. The highest BCUT2D eigenvalue weighted by molar-refractivity contribution is 4.75. The van der Waals surface area contributed by atoms with Crippen LogP contribution in [0, 0.1) is 5.92 Å². The zero-order valence-corrected chi connectivity index (χ0v) is 12.2. The number of unbranched alkanes of at least 4 members (excludes halogenated alkanes) is 1. The fourth-order valence-corrected chi connectivity index (χ4v) is 2.75. The second kappa shape index (κ2) is 8.93. The molecule has 0 bridgehead atoms. The van der Waals surface area contributed by atoms with Crippen LogP contribution in [0.1, 0.15) is 59.3 Å². The lowest BCUT2D eigenvalue weighted by molar-refractivity contribution is 0.247. The summed E-state index contributed by atoms with van der Waals surface area (Å²) >= 11 is 0. The average molecular weight is 240 g/mol. The molecule has 0 spiro atoms. The van der Waals surface area contributed by atoms with E-state index in [1.165, 1.54) is 64.7 Å². The van der Waals surface area contributed by atoms with Gasteiger partial charge in [0.2, 0.25) is 0 Å². The first-order valence-electron chi connectivity index (χ1n) is 7.72. The number of rotatable bonds is 9. The molecule has 1 fully saturated rings. The molecule has 1 aliphatic heterocycles. The molecular weight excluding hydrogens is 208 g/mol. The second-order valence-electron chi connectivity index (χ2n) is 5.67. The quantitative estimate of drug-likeness (QED) is 0.665. The van der Waals surface area contributed by atoms with Gasteiger partial charge in [0.15, 0.2) is 0 Å². The van der Waals surface area contributed by atoms with E-state index < -0.39 is 0 Å². The summed E-state index contributed by atoms with van der Waals surface area (Å²) in [6.45, 7) is 12.0. The molecule has 0 radical (unpaired) electrons. The van der Waals surface area contributed by atoms with Crippen LogP contribution in [-0.2, 0) is 0 Å². The maximum Gasteiger partial charge on any atom is 0.0192 e. The minimum Gasteiger partial charge on any atom is -0.315 e. The van der Waals surface area contributed by atoms with Gasteiger partial charge in [-0.05, 0) is 51.7 Å². The van der Waals surface area contributed by atoms with Gasteiger partial charge in [-0.3, -0.25) is 4.90 Å². The van der Waals surface area contributed by atoms with Crippen molar-refractivity contribution in [1.29, 1.82) is 0 Å². The SMILES string of the molecule is CCCCC(CC)CNCC(C)N1CCCC1. The molecule has 0 aromatic heterocycles. The third-order valence-electron chi connectivity index (χ3n) is 4.18. The molecule has 1 heterocycles. The van der Waals surface area contributed by atoms with Crippen LogP contribution in [0.25, 0.3) is 0 Å². The molecule has 1 saturated heterocycles. The molecule has 2 heteroatoms. The number of likely N-dealkylation sites (tertiary alicyclic amines) is 1. The summed E-state index contributed by atoms with van der Waals surface area (Å²) in [5.74, 6) is 0.890. The molecule has 2 unspecified atom stereocenters. The molecule has 17 heavy (non-hydrogen) atoms. The Bertz CT molecular complexity index is 176. The minimum atomic E-state index is 0.723. The van der Waals surface area contributed by atoms with Crippen LogP contribution in [0.4, 0.5) is 0 Å². The summed E-state index contributed by atoms with van der Waals surface area (Å²) in [4.78, 5) is 2.62. The Labute approximate surface area is 108 Å². The van der Waals surface area contributed by atoms with Crippen LogP contribution < -0.4 is 5.32 Å². The van der Waals surface area contributed by atoms with Crippen LogP contribution >= 0.6 is 0 Å². The molecular formula is C15H32N2. The lowest BCUT2D eigenvalue weighted by Gasteiger charge is -2.25. The number of nitrogens with zero attached hydrogens (tertiary/aromatic N) is 1. The van der Waals surface area contributed by atoms with Gasteiger partial charge >= 0.3 is 0 Å². The standard InChI is InChI=1S/C15H32N2/c1-4-6-9-15(5-2)13-16-12-14(3)17-10-7-8-11-17/h14-16H,4-13H2,1-3H3. The highest BCUT2D eigenvalue weighted by atomic mass is 15.2. The Hall–Kier alpha value is -0.0800. The van der Waals surface area contributed by atoms with E-state index in [1.807, 2.05) is 0 Å². The van der Waals surface area contributed by atoms with Crippen molar-refractivity contribution in [3.8, 4) is 0 Å². The van der Waals surface area contributed by atoms with Crippen molar-refractivity contribution < 1.29 is 0 Å². The van der Waals surface area contributed by atoms with Crippen LogP contribution in [0.3, 0.4) is 0 Å². The fourth-order valence-electron chi connectivity index (χ4n) is 2.75. The van der Waals surface area contributed by atoms with Crippen LogP contribution in [0.5, 0.6) is 0 Å². The largest absolute Gasteiger partial charge is 0.315 e. The zero-order chi connectivity index (χ0) is 12.5. The first kappa shape index (κ1) is 15.0. The van der Waals surface area contributed by atoms with E-state index in [2.05, 4.69) is 31.0 Å². The van der Waals surface area contributed by atoms with E-state index in [0.717, 1.165) is 12.0 Å². The van der Waals surface area contributed by atoms with E-state index in [9.17, 15) is 0 Å². The van der Waals surface area contributed by atoms with Gasteiger partial charge in [0.25, 0.3) is 0 Å². The third-order valence-corrected chi connectivity index (χ3v) is 4.18. The van der Waals surface area contributed by atoms with Crippen molar-refractivity contribution >= 4 is 0 Å². The van der Waals surface area contributed by atoms with Crippen molar-refractivity contribution in [2.45, 2.75) is 65.3 Å². The van der Waals surface area contributed by atoms with Gasteiger partial charge < -0.3 is 5.32 Å². The summed E-state index contributed by atoms with van der Waals surface area (Å²) in [7, 11) is 0. The predicted octanol–water partition coefficient (Wildman–Crippen LogP) is 3.28. The summed E-state index contributed by atoms with van der Waals surface area (Å²) in [6, 6.07) is 0.723. The zero-order valence-electron chi connectivity index (χ0n) is 12.2. The second-order valence-corrected chi connectivity index (χ2v) is 5.67. The third kappa shape index (κ3) is 5.87. The Morgan fingerprint density at radius 2 is 1.82 bits per heavy atom. The van der Waals surface area contributed by atoms with Crippen LogP contribution in [0.2, 0.25) is 0 Å². The van der Waals surface area contributed by atoms with E-state index in [1.54, 1.807) is 0 Å². The Morgan fingerprint density at radius 3 is 2.41 bits per heavy atom. The van der Waals surface area contributed by atoms with Gasteiger partial charge in [-0.25, -0.2) is 0 Å². The van der Waals surface area contributed by atoms with Gasteiger partial charge in [-0.1, -0.05) is 33.1 Å². The number of hydrogen-bond donors (Lipinski definition) is 1. The smallest absolute Gasteiger partial charge is 0.0192 e. The van der Waals surface area contributed by atoms with E-state index >= 15 is 0 Å². The summed E-state index contributed by atoms with van der Waals surface area (Å²) < 4.78 is 0. The Morgan fingerprint density at radius 1 is 1.12 bits per heavy atom. The number of hydrogen-bond acceptors (Lipinski definition) is 2. The monoisotopic (exact) mass is 240 g/mol. The molecule has 1 aliphatic rings. The van der Waals surface area contributed by atoms with Crippen molar-refractivity contribution in [2.24, 2.45) is 5.92 Å². The average Bonchev–Trinajstić information content (AvgIpc) is 2.87. The fraction of sp³-hybridized carbons (Fsp3) is 1.00. The van der Waals surface area contributed by atoms with E-state index in [0.29, 0.717) is 0 Å². The lowest BCUT2D eigenvalue weighted by atomic mass is 9.99. The molecule has 0 saturated carbocycles. The summed E-state index contributed by atoms with van der Waals surface area (Å²) in [5.41, 5.74) is 0. The first-order chi connectivity index (χ1) is 8.27. The first-order valence-corrected chi connectivity index (χ1v) is 7.72. The topological polar surface area (TPSA) is 15.3 Å². The maximum atomic E-state index is 3.68. The Kier molecular flexibility index (Phi) is 7.87. The molecule has 0 aromatic rings. The minimum absolute atomic E-state index is 0.723. The number of nitrogens with one attached hydrogen (secondary N) is 1. The Balaban J connectivity index is 2.07. The molecule has 0 amide bonds. The molecule has 1 rings (SSSR count). The summed E-state index contributed by atoms with van der Waals surface area (Å²) in [6.07, 6.45) is 8.25. The van der Waals surface area contributed by atoms with Gasteiger partial charge in [0.05, 0.1) is 0 Å². The normalized spacial score (nSPS) is 20.6. The molecule has 0 aromatic carbocycles. The highest BCUT2D eigenvalue weighted by Crippen LogP contribution is 2.13. The van der Waals surface area contributed by atoms with Crippen molar-refractivity contribution in [3.63, 3.8) is 0 Å². The molecule has 1 N–H and O–H groups in total. The maximum absolute atomic E-state index is 3.68. The van der Waals surface area contributed by atoms with E-state index in [-0.39, 0.29) is 0 Å². The molecule has 0 aliphatic carbocycles. The highest BCUT2D eigenvalue weighted by Gasteiger charge is 2.17. The van der Waals surface area contributed by atoms with Crippen molar-refractivity contribution in [1.82, 2.24) is 10.2 Å². The molecule has 102 valence electrons. The van der Waals surface area contributed by atoms with Gasteiger partial charge in [-0.15, -0.1) is 0 Å². The van der Waals surface area contributed by atoms with Gasteiger partial charge in [0.1, 0.15) is 0 Å². The van der Waals surface area contributed by atoms with Gasteiger partial charge in [-0.2, -0.15) is 0 Å². The predicted molar refractivity (Wildman–Crippen MR) is 76.4 cm³/mol. The van der Waals surface area contributed by atoms with Crippen LogP contribution in [0.15, 0.2) is 0 Å². The van der Waals surface area contributed by atoms with Crippen molar-refractivity contribution in [3.05, 3.63) is 0 Å². The van der Waals surface area contributed by atoms with Crippen molar-refractivity contribution in [2.75, 3.05) is 26.2 Å². The molecule has 2 atom stereocenters.